The van der Waals surface area contributed by atoms with Gasteiger partial charge in [0.1, 0.15) is 11.6 Å². The molecule has 6 nitrogen and oxygen atoms in total. The van der Waals surface area contributed by atoms with Crippen LogP contribution in [-0.4, -0.2) is 13.4 Å². The van der Waals surface area contributed by atoms with Crippen molar-refractivity contribution < 1.29 is 17.2 Å². The van der Waals surface area contributed by atoms with Crippen molar-refractivity contribution in [3.8, 4) is 0 Å². The van der Waals surface area contributed by atoms with Crippen molar-refractivity contribution in [2.24, 2.45) is 0 Å². The fourth-order valence-electron chi connectivity index (χ4n) is 1.68. The molecule has 108 valence electrons. The van der Waals surface area contributed by atoms with Gasteiger partial charge >= 0.3 is 0 Å². The summed E-state index contributed by atoms with van der Waals surface area (Å²) in [6, 6.07) is 2.17. The number of sulfonamides is 1. The van der Waals surface area contributed by atoms with Crippen molar-refractivity contribution in [2.75, 3.05) is 5.73 Å². The Labute approximate surface area is 115 Å². The summed E-state index contributed by atoms with van der Waals surface area (Å²) in [5, 5.41) is 0. The number of benzene rings is 1. The highest BCUT2D eigenvalue weighted by Gasteiger charge is 2.19. The van der Waals surface area contributed by atoms with Gasteiger partial charge in [-0.25, -0.2) is 22.5 Å². The van der Waals surface area contributed by atoms with E-state index in [0.29, 0.717) is 5.76 Å². The van der Waals surface area contributed by atoms with Crippen molar-refractivity contribution in [1.82, 2.24) is 9.71 Å². The Morgan fingerprint density at radius 3 is 2.70 bits per heavy atom. The van der Waals surface area contributed by atoms with Crippen LogP contribution < -0.4 is 10.5 Å². The quantitative estimate of drug-likeness (QED) is 0.833. The summed E-state index contributed by atoms with van der Waals surface area (Å²) >= 11 is 0. The van der Waals surface area contributed by atoms with E-state index in [1.165, 1.54) is 13.1 Å². The lowest BCUT2D eigenvalue weighted by molar-refractivity contribution is 0.463. The lowest BCUT2D eigenvalue weighted by Crippen LogP contribution is -2.24. The molecule has 0 fully saturated rings. The van der Waals surface area contributed by atoms with Gasteiger partial charge in [-0.3, -0.25) is 0 Å². The van der Waals surface area contributed by atoms with Crippen LogP contribution in [0.15, 0.2) is 27.6 Å². The number of nitrogen functional groups attached to an aromatic ring is 1. The number of aromatic nitrogens is 1. The van der Waals surface area contributed by atoms with Gasteiger partial charge in [0.15, 0.2) is 0 Å². The highest BCUT2D eigenvalue weighted by atomic mass is 32.2. The van der Waals surface area contributed by atoms with Gasteiger partial charge in [0, 0.05) is 0 Å². The number of nitrogens with zero attached hydrogens (tertiary/aromatic N) is 1. The Morgan fingerprint density at radius 1 is 1.40 bits per heavy atom. The van der Waals surface area contributed by atoms with Gasteiger partial charge in [-0.1, -0.05) is 0 Å². The van der Waals surface area contributed by atoms with Crippen molar-refractivity contribution >= 4 is 15.7 Å². The van der Waals surface area contributed by atoms with Crippen LogP contribution in [0.3, 0.4) is 0 Å². The molecular formula is C12H14FN3O3S. The third kappa shape index (κ3) is 2.97. The van der Waals surface area contributed by atoms with E-state index in [0.717, 1.165) is 12.1 Å². The SMILES string of the molecule is Cc1cnc(CNS(=O)(=O)c2cc(N)c(F)cc2C)o1. The van der Waals surface area contributed by atoms with Gasteiger partial charge in [-0.05, 0) is 31.5 Å². The van der Waals surface area contributed by atoms with Gasteiger partial charge in [-0.15, -0.1) is 0 Å². The highest BCUT2D eigenvalue weighted by Crippen LogP contribution is 2.21. The van der Waals surface area contributed by atoms with Crippen molar-refractivity contribution in [1.29, 1.82) is 0 Å². The molecule has 3 N–H and O–H groups in total. The highest BCUT2D eigenvalue weighted by molar-refractivity contribution is 7.89. The molecule has 0 unspecified atom stereocenters. The average molecular weight is 299 g/mol. The van der Waals surface area contributed by atoms with E-state index in [1.54, 1.807) is 6.92 Å². The van der Waals surface area contributed by atoms with E-state index in [9.17, 15) is 12.8 Å². The maximum Gasteiger partial charge on any atom is 0.241 e. The molecule has 0 saturated heterocycles. The fraction of sp³-hybridized carbons (Fsp3) is 0.250. The van der Waals surface area contributed by atoms with Gasteiger partial charge in [0.05, 0.1) is 23.3 Å². The second kappa shape index (κ2) is 5.22. The summed E-state index contributed by atoms with van der Waals surface area (Å²) in [7, 11) is -3.82. The third-order valence-corrected chi connectivity index (χ3v) is 4.21. The second-order valence-electron chi connectivity index (χ2n) is 4.33. The van der Waals surface area contributed by atoms with E-state index >= 15 is 0 Å². The molecule has 0 spiro atoms. The number of hydrogen-bond acceptors (Lipinski definition) is 5. The van der Waals surface area contributed by atoms with Crippen LogP contribution in [0.1, 0.15) is 17.2 Å². The molecule has 0 atom stereocenters. The Balaban J connectivity index is 2.24. The Morgan fingerprint density at radius 2 is 2.10 bits per heavy atom. The number of oxazole rings is 1. The van der Waals surface area contributed by atoms with Crippen LogP contribution in [-0.2, 0) is 16.6 Å². The number of hydrogen-bond donors (Lipinski definition) is 2. The summed E-state index contributed by atoms with van der Waals surface area (Å²) in [6.45, 7) is 3.11. The molecular weight excluding hydrogens is 285 g/mol. The average Bonchev–Trinajstić information content (AvgIpc) is 2.77. The molecule has 1 aromatic carbocycles. The zero-order valence-corrected chi connectivity index (χ0v) is 11.8. The number of aryl methyl sites for hydroxylation is 2. The van der Waals surface area contributed by atoms with Crippen molar-refractivity contribution in [3.05, 3.63) is 41.4 Å². The topological polar surface area (TPSA) is 98.2 Å². The normalized spacial score (nSPS) is 11.8. The third-order valence-electron chi connectivity index (χ3n) is 2.67. The van der Waals surface area contributed by atoms with Crippen LogP contribution in [0.4, 0.5) is 10.1 Å². The van der Waals surface area contributed by atoms with Crippen LogP contribution >= 0.6 is 0 Å². The lowest BCUT2D eigenvalue weighted by atomic mass is 10.2. The van der Waals surface area contributed by atoms with E-state index in [2.05, 4.69) is 9.71 Å². The van der Waals surface area contributed by atoms with Gasteiger partial charge in [-0.2, -0.15) is 0 Å². The predicted octanol–water partition coefficient (Wildman–Crippen LogP) is 1.49. The minimum atomic E-state index is -3.82. The van der Waals surface area contributed by atoms with Crippen LogP contribution in [0.2, 0.25) is 0 Å². The number of anilines is 1. The molecule has 0 aliphatic rings. The van der Waals surface area contributed by atoms with Gasteiger partial charge in [0.25, 0.3) is 0 Å². The predicted molar refractivity (Wildman–Crippen MR) is 70.8 cm³/mol. The molecule has 0 aliphatic heterocycles. The molecule has 2 aromatic rings. The molecule has 8 heteroatoms. The monoisotopic (exact) mass is 299 g/mol. The molecule has 0 bridgehead atoms. The Bertz CT molecular complexity index is 740. The molecule has 1 heterocycles. The largest absolute Gasteiger partial charge is 0.445 e. The molecule has 0 amide bonds. The van der Waals surface area contributed by atoms with E-state index in [1.807, 2.05) is 0 Å². The molecule has 0 aliphatic carbocycles. The number of rotatable bonds is 4. The second-order valence-corrected chi connectivity index (χ2v) is 6.06. The molecule has 1 aromatic heterocycles. The molecule has 0 saturated carbocycles. The van der Waals surface area contributed by atoms with Crippen LogP contribution in [0.5, 0.6) is 0 Å². The number of halogens is 1. The van der Waals surface area contributed by atoms with E-state index in [-0.39, 0.29) is 28.6 Å². The van der Waals surface area contributed by atoms with E-state index in [4.69, 9.17) is 10.2 Å². The minimum absolute atomic E-state index is 0.0697. The van der Waals surface area contributed by atoms with Gasteiger partial charge in [0.2, 0.25) is 15.9 Å². The first kappa shape index (κ1) is 14.5. The van der Waals surface area contributed by atoms with Crippen LogP contribution in [0, 0.1) is 19.7 Å². The zero-order chi connectivity index (χ0) is 14.9. The summed E-state index contributed by atoms with van der Waals surface area (Å²) in [4.78, 5) is 3.82. The first-order valence-electron chi connectivity index (χ1n) is 5.76. The molecule has 0 radical (unpaired) electrons. The summed E-state index contributed by atoms with van der Waals surface area (Å²) < 4.78 is 45.0. The van der Waals surface area contributed by atoms with Gasteiger partial charge < -0.3 is 10.2 Å². The smallest absolute Gasteiger partial charge is 0.241 e. The fourth-order valence-corrected chi connectivity index (χ4v) is 2.91. The zero-order valence-electron chi connectivity index (χ0n) is 11.0. The first-order valence-corrected chi connectivity index (χ1v) is 7.24. The van der Waals surface area contributed by atoms with Crippen molar-refractivity contribution in [2.45, 2.75) is 25.3 Å². The minimum Gasteiger partial charge on any atom is -0.445 e. The standard InChI is InChI=1S/C12H14FN3O3S/c1-7-3-9(13)10(14)4-11(7)20(17,18)16-6-12-15-5-8(2)19-12/h3-5,16H,6,14H2,1-2H3. The maximum atomic E-state index is 13.2. The maximum absolute atomic E-state index is 13.2. The Kier molecular flexibility index (Phi) is 3.78. The van der Waals surface area contributed by atoms with Crippen LogP contribution in [0.25, 0.3) is 0 Å². The molecule has 20 heavy (non-hydrogen) atoms. The molecule has 2 rings (SSSR count). The van der Waals surface area contributed by atoms with Crippen molar-refractivity contribution in [3.63, 3.8) is 0 Å². The summed E-state index contributed by atoms with van der Waals surface area (Å²) in [5.74, 6) is 0.185. The van der Waals surface area contributed by atoms with E-state index < -0.39 is 15.8 Å². The summed E-state index contributed by atoms with van der Waals surface area (Å²) in [5.41, 5.74) is 5.45. The Hall–Kier alpha value is -1.93. The first-order chi connectivity index (χ1) is 9.29. The number of nitrogens with one attached hydrogen (secondary N) is 1. The summed E-state index contributed by atoms with van der Waals surface area (Å²) in [6.07, 6.45) is 1.49. The number of nitrogens with two attached hydrogens (primary N) is 1. The lowest BCUT2D eigenvalue weighted by Gasteiger charge is -2.09.